The second-order valence-electron chi connectivity index (χ2n) is 8.73. The van der Waals surface area contributed by atoms with Gasteiger partial charge < -0.3 is 14.5 Å². The summed E-state index contributed by atoms with van der Waals surface area (Å²) in [5.41, 5.74) is 0.561. The zero-order valence-corrected chi connectivity index (χ0v) is 18.5. The lowest BCUT2D eigenvalue weighted by Crippen LogP contribution is -2.44. The number of carbonyl (C=O) groups excluding carboxylic acids is 1. The Hall–Kier alpha value is -1.37. The Morgan fingerprint density at radius 3 is 2.19 bits per heavy atom. The minimum absolute atomic E-state index is 0.168. The van der Waals surface area contributed by atoms with Gasteiger partial charge in [0.15, 0.2) is 0 Å². The Kier molecular flexibility index (Phi) is 6.28. The van der Waals surface area contributed by atoms with Gasteiger partial charge in [-0.15, -0.1) is 0 Å². The highest BCUT2D eigenvalue weighted by Gasteiger charge is 2.32. The average Bonchev–Trinajstić information content (AvgIpc) is 2.63. The lowest BCUT2D eigenvalue weighted by Gasteiger charge is -2.40. The number of hydrogen-bond acceptors (Lipinski definition) is 5. The van der Waals surface area contributed by atoms with E-state index in [1.165, 1.54) is 12.8 Å². The highest BCUT2D eigenvalue weighted by molar-refractivity contribution is 9.10. The summed E-state index contributed by atoms with van der Waals surface area (Å²) in [4.78, 5) is 25.5. The predicted molar refractivity (Wildman–Crippen MR) is 110 cm³/mol. The normalized spacial score (nSPS) is 20.0. The number of carbonyl (C=O) groups is 1. The van der Waals surface area contributed by atoms with Crippen molar-refractivity contribution in [2.75, 3.05) is 31.1 Å². The third-order valence-electron chi connectivity index (χ3n) is 5.59. The molecule has 0 unspecified atom stereocenters. The first kappa shape index (κ1) is 20.4. The van der Waals surface area contributed by atoms with Crippen molar-refractivity contribution < 1.29 is 9.53 Å². The number of aryl methyl sites for hydroxylation is 1. The van der Waals surface area contributed by atoms with Gasteiger partial charge >= 0.3 is 6.09 Å². The molecule has 0 N–H and O–H groups in total. The van der Waals surface area contributed by atoms with Crippen molar-refractivity contribution in [3.05, 3.63) is 16.4 Å². The molecular formula is C20H31BrN4O2. The van der Waals surface area contributed by atoms with E-state index in [9.17, 15) is 4.79 Å². The summed E-state index contributed by atoms with van der Waals surface area (Å²) in [6.07, 6.45) is 6.19. The largest absolute Gasteiger partial charge is 0.444 e. The smallest absolute Gasteiger partial charge is 0.410 e. The first-order valence-electron chi connectivity index (χ1n) is 9.95. The topological polar surface area (TPSA) is 58.6 Å². The molecular weight excluding hydrogens is 408 g/mol. The zero-order chi connectivity index (χ0) is 19.6. The van der Waals surface area contributed by atoms with E-state index in [1.807, 2.05) is 38.8 Å². The summed E-state index contributed by atoms with van der Waals surface area (Å²) in [6.45, 7) is 11.4. The van der Waals surface area contributed by atoms with Gasteiger partial charge in [-0.05, 0) is 81.1 Å². The molecule has 1 aromatic rings. The number of halogens is 1. The maximum absolute atomic E-state index is 12.2. The van der Waals surface area contributed by atoms with Crippen LogP contribution in [0.4, 0.5) is 10.7 Å². The maximum Gasteiger partial charge on any atom is 0.410 e. The zero-order valence-electron chi connectivity index (χ0n) is 16.9. The first-order valence-corrected chi connectivity index (χ1v) is 10.7. The van der Waals surface area contributed by atoms with Crippen molar-refractivity contribution in [3.63, 3.8) is 0 Å². The van der Waals surface area contributed by atoms with Crippen molar-refractivity contribution in [1.29, 1.82) is 0 Å². The fraction of sp³-hybridized carbons (Fsp3) is 0.750. The molecule has 0 radical (unpaired) electrons. The molecule has 1 aromatic heterocycles. The van der Waals surface area contributed by atoms with Crippen molar-refractivity contribution in [3.8, 4) is 0 Å². The molecule has 0 atom stereocenters. The molecule has 1 amide bonds. The summed E-state index contributed by atoms with van der Waals surface area (Å²) < 4.78 is 6.46. The van der Waals surface area contributed by atoms with Gasteiger partial charge in [0, 0.05) is 32.4 Å². The highest BCUT2D eigenvalue weighted by atomic mass is 79.9. The Bertz CT molecular complexity index is 660. The minimum Gasteiger partial charge on any atom is -0.444 e. The second-order valence-corrected chi connectivity index (χ2v) is 9.59. The monoisotopic (exact) mass is 438 g/mol. The fourth-order valence-electron chi connectivity index (χ4n) is 4.04. The molecule has 0 saturated carbocycles. The van der Waals surface area contributed by atoms with Crippen LogP contribution in [0.25, 0.3) is 0 Å². The number of amides is 1. The van der Waals surface area contributed by atoms with Gasteiger partial charge in [-0.2, -0.15) is 0 Å². The lowest BCUT2D eigenvalue weighted by atomic mass is 9.79. The molecule has 150 valence electrons. The number of likely N-dealkylation sites (tertiary alicyclic amines) is 1. The Balaban J connectivity index is 1.47. The number of piperidine rings is 2. The van der Waals surface area contributed by atoms with Crippen LogP contribution < -0.4 is 4.90 Å². The molecule has 0 aliphatic carbocycles. The fourth-order valence-corrected chi connectivity index (χ4v) is 4.23. The molecule has 2 saturated heterocycles. The van der Waals surface area contributed by atoms with Crippen LogP contribution in [0.15, 0.2) is 10.7 Å². The molecule has 27 heavy (non-hydrogen) atoms. The number of hydrogen-bond donors (Lipinski definition) is 0. The third kappa shape index (κ3) is 5.33. The van der Waals surface area contributed by atoms with E-state index in [-0.39, 0.29) is 6.09 Å². The summed E-state index contributed by atoms with van der Waals surface area (Å²) in [5.74, 6) is 2.28. The molecule has 0 aromatic carbocycles. The number of anilines is 1. The number of rotatable bonds is 2. The van der Waals surface area contributed by atoms with Gasteiger partial charge in [0.25, 0.3) is 0 Å². The van der Waals surface area contributed by atoms with Crippen LogP contribution in [0.1, 0.15) is 52.1 Å². The Labute approximate surface area is 170 Å². The Morgan fingerprint density at radius 2 is 1.67 bits per heavy atom. The van der Waals surface area contributed by atoms with E-state index in [4.69, 9.17) is 4.74 Å². The van der Waals surface area contributed by atoms with Gasteiger partial charge in [-0.25, -0.2) is 14.8 Å². The molecule has 2 aliphatic rings. The predicted octanol–water partition coefficient (Wildman–Crippen LogP) is 4.41. The average molecular weight is 439 g/mol. The Morgan fingerprint density at radius 1 is 1.11 bits per heavy atom. The molecule has 2 aliphatic heterocycles. The van der Waals surface area contributed by atoms with Gasteiger partial charge in [0.2, 0.25) is 5.95 Å². The molecule has 3 heterocycles. The van der Waals surface area contributed by atoms with Crippen LogP contribution >= 0.6 is 15.9 Å². The molecule has 6 nitrogen and oxygen atoms in total. The SMILES string of the molecule is Cc1nc(N2CCC(C3CCN(C(=O)OC(C)(C)C)CC3)CC2)ncc1Br. The van der Waals surface area contributed by atoms with Crippen molar-refractivity contribution in [2.24, 2.45) is 11.8 Å². The first-order chi connectivity index (χ1) is 12.7. The van der Waals surface area contributed by atoms with Crippen molar-refractivity contribution >= 4 is 28.0 Å². The van der Waals surface area contributed by atoms with E-state index < -0.39 is 5.60 Å². The molecule has 0 spiro atoms. The third-order valence-corrected chi connectivity index (χ3v) is 6.37. The number of aromatic nitrogens is 2. The lowest BCUT2D eigenvalue weighted by molar-refractivity contribution is 0.0152. The van der Waals surface area contributed by atoms with E-state index in [0.29, 0.717) is 5.92 Å². The number of ether oxygens (including phenoxy) is 1. The van der Waals surface area contributed by atoms with Gasteiger partial charge in [0.05, 0.1) is 10.2 Å². The molecule has 7 heteroatoms. The summed E-state index contributed by atoms with van der Waals surface area (Å²) in [6, 6.07) is 0. The minimum atomic E-state index is -0.422. The maximum atomic E-state index is 12.2. The number of nitrogens with zero attached hydrogens (tertiary/aromatic N) is 4. The van der Waals surface area contributed by atoms with Crippen LogP contribution in [0.3, 0.4) is 0 Å². The molecule has 2 fully saturated rings. The van der Waals surface area contributed by atoms with Crippen LogP contribution in [0.2, 0.25) is 0 Å². The second kappa shape index (κ2) is 8.33. The van der Waals surface area contributed by atoms with Crippen molar-refractivity contribution in [1.82, 2.24) is 14.9 Å². The standard InChI is InChI=1S/C20H31BrN4O2/c1-14-17(21)13-22-18(23-14)24-9-5-15(6-10-24)16-7-11-25(12-8-16)19(26)27-20(2,3)4/h13,15-16H,5-12H2,1-4H3. The molecule has 0 bridgehead atoms. The molecule has 3 rings (SSSR count). The summed E-state index contributed by atoms with van der Waals surface area (Å²) >= 11 is 3.47. The van der Waals surface area contributed by atoms with E-state index >= 15 is 0 Å². The quantitative estimate of drug-likeness (QED) is 0.683. The van der Waals surface area contributed by atoms with E-state index in [0.717, 1.165) is 61.1 Å². The van der Waals surface area contributed by atoms with Gasteiger partial charge in [0.1, 0.15) is 5.60 Å². The summed E-state index contributed by atoms with van der Waals surface area (Å²) in [5, 5.41) is 0. The van der Waals surface area contributed by atoms with Gasteiger partial charge in [-0.1, -0.05) is 0 Å². The van der Waals surface area contributed by atoms with Crippen LogP contribution in [0.5, 0.6) is 0 Å². The van der Waals surface area contributed by atoms with E-state index in [2.05, 4.69) is 30.8 Å². The van der Waals surface area contributed by atoms with Crippen LogP contribution in [-0.2, 0) is 4.74 Å². The van der Waals surface area contributed by atoms with Crippen molar-refractivity contribution in [2.45, 2.75) is 59.0 Å². The highest BCUT2D eigenvalue weighted by Crippen LogP contribution is 2.33. The van der Waals surface area contributed by atoms with Crippen LogP contribution in [-0.4, -0.2) is 52.7 Å². The van der Waals surface area contributed by atoms with Crippen LogP contribution in [0, 0.1) is 18.8 Å². The summed E-state index contributed by atoms with van der Waals surface area (Å²) in [7, 11) is 0. The van der Waals surface area contributed by atoms with E-state index in [1.54, 1.807) is 0 Å². The van der Waals surface area contributed by atoms with Gasteiger partial charge in [-0.3, -0.25) is 0 Å².